The van der Waals surface area contributed by atoms with Gasteiger partial charge in [-0.2, -0.15) is 10.4 Å². The van der Waals surface area contributed by atoms with Crippen molar-refractivity contribution in [3.05, 3.63) is 45.1 Å². The minimum atomic E-state index is -0.627. The zero-order chi connectivity index (χ0) is 15.6. The molecule has 0 unspecified atom stereocenters. The number of aromatic nitrogens is 2. The first-order valence-electron chi connectivity index (χ1n) is 5.97. The van der Waals surface area contributed by atoms with Crippen molar-refractivity contribution in [2.45, 2.75) is 13.5 Å². The molecule has 108 valence electrons. The Morgan fingerprint density at radius 1 is 1.57 bits per heavy atom. The van der Waals surface area contributed by atoms with Crippen molar-refractivity contribution in [3.63, 3.8) is 0 Å². The lowest BCUT2D eigenvalue weighted by Gasteiger charge is -2.08. The van der Waals surface area contributed by atoms with Gasteiger partial charge in [0, 0.05) is 13.1 Å². The number of ether oxygens (including phenoxy) is 1. The number of nitro groups is 1. The lowest BCUT2D eigenvalue weighted by Crippen LogP contribution is -2.00. The Labute approximate surface area is 120 Å². The predicted octanol–water partition coefficient (Wildman–Crippen LogP) is 1.79. The Kier molecular flexibility index (Phi) is 3.86. The van der Waals surface area contributed by atoms with Crippen LogP contribution in [0.25, 0.3) is 0 Å². The molecule has 1 aromatic carbocycles. The summed E-state index contributed by atoms with van der Waals surface area (Å²) in [6.07, 6.45) is 0. The van der Waals surface area contributed by atoms with Crippen molar-refractivity contribution in [3.8, 4) is 17.7 Å². The number of aliphatic hydroxyl groups excluding tert-OH is 1. The Balaban J connectivity index is 2.50. The van der Waals surface area contributed by atoms with Gasteiger partial charge >= 0.3 is 5.69 Å². The van der Waals surface area contributed by atoms with Crippen LogP contribution < -0.4 is 4.74 Å². The average Bonchev–Trinajstić information content (AvgIpc) is 2.72. The van der Waals surface area contributed by atoms with Gasteiger partial charge in [0.25, 0.3) is 0 Å². The zero-order valence-corrected chi connectivity index (χ0v) is 11.4. The third-order valence-corrected chi connectivity index (χ3v) is 2.94. The van der Waals surface area contributed by atoms with Crippen molar-refractivity contribution in [1.82, 2.24) is 9.78 Å². The van der Waals surface area contributed by atoms with Gasteiger partial charge in [-0.25, -0.2) is 4.68 Å². The fraction of sp³-hybridized carbons (Fsp3) is 0.231. The maximum absolute atomic E-state index is 11.1. The van der Waals surface area contributed by atoms with E-state index >= 15 is 0 Å². The molecular weight excluding hydrogens is 276 g/mol. The molecule has 0 bridgehead atoms. The first-order valence-corrected chi connectivity index (χ1v) is 5.97. The molecule has 8 nitrogen and oxygen atoms in total. The number of nitriles is 1. The van der Waals surface area contributed by atoms with Gasteiger partial charge in [-0.05, 0) is 19.1 Å². The number of benzene rings is 1. The summed E-state index contributed by atoms with van der Waals surface area (Å²) in [5, 5.41) is 33.3. The second kappa shape index (κ2) is 5.60. The molecule has 0 aliphatic heterocycles. The number of hydrogen-bond acceptors (Lipinski definition) is 6. The molecule has 0 amide bonds. The third-order valence-electron chi connectivity index (χ3n) is 2.94. The van der Waals surface area contributed by atoms with E-state index in [2.05, 4.69) is 5.10 Å². The van der Waals surface area contributed by atoms with Crippen LogP contribution >= 0.6 is 0 Å². The van der Waals surface area contributed by atoms with Crippen LogP contribution in [0.3, 0.4) is 0 Å². The third kappa shape index (κ3) is 2.68. The average molecular weight is 288 g/mol. The summed E-state index contributed by atoms with van der Waals surface area (Å²) >= 11 is 0. The molecule has 0 aliphatic rings. The van der Waals surface area contributed by atoms with Gasteiger partial charge in [0.1, 0.15) is 0 Å². The molecule has 0 fully saturated rings. The topological polar surface area (TPSA) is 114 Å². The van der Waals surface area contributed by atoms with Crippen molar-refractivity contribution in [2.75, 3.05) is 0 Å². The number of aryl methyl sites for hydroxylation is 2. The highest BCUT2D eigenvalue weighted by atomic mass is 16.6. The number of aliphatic hydroxyl groups is 1. The summed E-state index contributed by atoms with van der Waals surface area (Å²) in [4.78, 5) is 10.4. The second-order valence-electron chi connectivity index (χ2n) is 4.30. The maximum atomic E-state index is 11.1. The van der Waals surface area contributed by atoms with Crippen LogP contribution in [0, 0.1) is 28.4 Å². The van der Waals surface area contributed by atoms with Crippen LogP contribution in [0.15, 0.2) is 18.2 Å². The van der Waals surface area contributed by atoms with Crippen LogP contribution in [-0.2, 0) is 13.7 Å². The molecule has 0 radical (unpaired) electrons. The van der Waals surface area contributed by atoms with Gasteiger partial charge in [-0.15, -0.1) is 0 Å². The molecule has 1 heterocycles. The normalized spacial score (nSPS) is 10.2. The molecule has 0 spiro atoms. The lowest BCUT2D eigenvalue weighted by molar-refractivity contribution is -0.385. The standard InChI is InChI=1S/C13H12N4O4/c1-8-10(7-18)13(16(2)15-8)21-12-4-3-9(6-14)5-11(12)17(19)20/h3-5,18H,7H2,1-2H3. The minimum absolute atomic E-state index is 0.0169. The quantitative estimate of drug-likeness (QED) is 0.677. The van der Waals surface area contributed by atoms with Gasteiger partial charge in [0.2, 0.25) is 11.6 Å². The van der Waals surface area contributed by atoms with Gasteiger partial charge in [0.05, 0.1) is 34.4 Å². The van der Waals surface area contributed by atoms with E-state index in [0.29, 0.717) is 11.3 Å². The number of hydrogen-bond donors (Lipinski definition) is 1. The van der Waals surface area contributed by atoms with Gasteiger partial charge in [0.15, 0.2) is 0 Å². The fourth-order valence-electron chi connectivity index (χ4n) is 1.91. The maximum Gasteiger partial charge on any atom is 0.312 e. The van der Waals surface area contributed by atoms with E-state index in [-0.39, 0.29) is 29.5 Å². The Bertz CT molecular complexity index is 745. The molecule has 1 aromatic heterocycles. The van der Waals surface area contributed by atoms with E-state index in [1.54, 1.807) is 14.0 Å². The summed E-state index contributed by atoms with van der Waals surface area (Å²) in [6.45, 7) is 1.41. The molecule has 2 aromatic rings. The van der Waals surface area contributed by atoms with Crippen LogP contribution in [0.4, 0.5) is 5.69 Å². The van der Waals surface area contributed by atoms with Crippen LogP contribution in [0.1, 0.15) is 16.8 Å². The Morgan fingerprint density at radius 2 is 2.29 bits per heavy atom. The van der Waals surface area contributed by atoms with Crippen molar-refractivity contribution in [2.24, 2.45) is 7.05 Å². The van der Waals surface area contributed by atoms with E-state index in [1.807, 2.05) is 6.07 Å². The first kappa shape index (κ1) is 14.5. The van der Waals surface area contributed by atoms with E-state index in [4.69, 9.17) is 10.00 Å². The van der Waals surface area contributed by atoms with E-state index in [1.165, 1.54) is 16.8 Å². The predicted molar refractivity (Wildman–Crippen MR) is 71.8 cm³/mol. The summed E-state index contributed by atoms with van der Waals surface area (Å²) in [6, 6.07) is 5.74. The molecule has 0 aliphatic carbocycles. The lowest BCUT2D eigenvalue weighted by atomic mass is 10.2. The van der Waals surface area contributed by atoms with Crippen LogP contribution in [-0.4, -0.2) is 19.8 Å². The molecule has 0 saturated carbocycles. The minimum Gasteiger partial charge on any atom is -0.432 e. The molecule has 1 N–H and O–H groups in total. The highest BCUT2D eigenvalue weighted by Gasteiger charge is 2.21. The Hall–Kier alpha value is -2.92. The smallest absolute Gasteiger partial charge is 0.312 e. The van der Waals surface area contributed by atoms with Crippen molar-refractivity contribution < 1.29 is 14.8 Å². The van der Waals surface area contributed by atoms with Crippen LogP contribution in [0.5, 0.6) is 11.6 Å². The molecule has 0 saturated heterocycles. The van der Waals surface area contributed by atoms with Crippen molar-refractivity contribution >= 4 is 5.69 Å². The number of nitrogens with zero attached hydrogens (tertiary/aromatic N) is 4. The summed E-state index contributed by atoms with van der Waals surface area (Å²) < 4.78 is 6.93. The second-order valence-corrected chi connectivity index (χ2v) is 4.30. The van der Waals surface area contributed by atoms with Crippen molar-refractivity contribution in [1.29, 1.82) is 5.26 Å². The zero-order valence-electron chi connectivity index (χ0n) is 11.4. The molecule has 8 heteroatoms. The largest absolute Gasteiger partial charge is 0.432 e. The molecular formula is C13H12N4O4. The van der Waals surface area contributed by atoms with E-state index < -0.39 is 4.92 Å². The van der Waals surface area contributed by atoms with E-state index in [0.717, 1.165) is 6.07 Å². The fourth-order valence-corrected chi connectivity index (χ4v) is 1.91. The van der Waals surface area contributed by atoms with Crippen LogP contribution in [0.2, 0.25) is 0 Å². The Morgan fingerprint density at radius 3 is 2.86 bits per heavy atom. The molecule has 2 rings (SSSR count). The summed E-state index contributed by atoms with van der Waals surface area (Å²) in [5.74, 6) is 0.208. The highest BCUT2D eigenvalue weighted by Crippen LogP contribution is 2.34. The highest BCUT2D eigenvalue weighted by molar-refractivity contribution is 5.53. The SMILES string of the molecule is Cc1nn(C)c(Oc2ccc(C#N)cc2[N+](=O)[O-])c1CO. The van der Waals surface area contributed by atoms with Gasteiger partial charge in [-0.1, -0.05) is 0 Å². The monoisotopic (exact) mass is 288 g/mol. The van der Waals surface area contributed by atoms with Gasteiger partial charge < -0.3 is 9.84 Å². The summed E-state index contributed by atoms with van der Waals surface area (Å²) in [7, 11) is 1.61. The van der Waals surface area contributed by atoms with Gasteiger partial charge in [-0.3, -0.25) is 10.1 Å². The molecule has 0 atom stereocenters. The number of rotatable bonds is 4. The van der Waals surface area contributed by atoms with E-state index in [9.17, 15) is 15.2 Å². The summed E-state index contributed by atoms with van der Waals surface area (Å²) in [5.41, 5.74) is 0.872. The molecule has 21 heavy (non-hydrogen) atoms. The first-order chi connectivity index (χ1) is 9.97. The number of nitro benzene ring substituents is 1.